The van der Waals surface area contributed by atoms with Crippen LogP contribution in [0.4, 0.5) is 5.69 Å². The number of benzene rings is 2. The molecule has 0 bridgehead atoms. The second-order valence-corrected chi connectivity index (χ2v) is 6.81. The highest BCUT2D eigenvalue weighted by atomic mass is 79.9. The number of hydrogen-bond donors (Lipinski definition) is 1. The van der Waals surface area contributed by atoms with E-state index in [-0.39, 0.29) is 4.90 Å². The van der Waals surface area contributed by atoms with Crippen LogP contribution in [-0.2, 0) is 10.0 Å². The monoisotopic (exact) mass is 370 g/mol. The van der Waals surface area contributed by atoms with Gasteiger partial charge in [0.2, 0.25) is 0 Å². The van der Waals surface area contributed by atoms with Crippen molar-refractivity contribution < 1.29 is 8.42 Å². The van der Waals surface area contributed by atoms with Crippen molar-refractivity contribution in [2.75, 3.05) is 4.72 Å². The lowest BCUT2D eigenvalue weighted by Gasteiger charge is -2.08. The number of nitrogens with one attached hydrogen (secondary N) is 1. The molecule has 2 rings (SSSR count). The summed E-state index contributed by atoms with van der Waals surface area (Å²) in [6.45, 7) is 0. The minimum Gasteiger partial charge on any atom is -0.280 e. The van der Waals surface area contributed by atoms with Gasteiger partial charge in [0.05, 0.1) is 21.6 Å². The highest BCUT2D eigenvalue weighted by Crippen LogP contribution is 2.26. The van der Waals surface area contributed by atoms with Gasteiger partial charge in [-0.15, -0.1) is 0 Å². The van der Waals surface area contributed by atoms with Crippen molar-refractivity contribution in [3.05, 3.63) is 57.5 Å². The summed E-state index contributed by atoms with van der Waals surface area (Å²) in [5.74, 6) is 0. The summed E-state index contributed by atoms with van der Waals surface area (Å²) in [7, 11) is -3.69. The second-order valence-electron chi connectivity index (χ2n) is 3.87. The molecule has 0 spiro atoms. The molecule has 0 aliphatic heterocycles. The molecule has 0 fully saturated rings. The Morgan fingerprint density at radius 3 is 2.35 bits per heavy atom. The molecule has 0 heterocycles. The Labute approximate surface area is 130 Å². The molecule has 102 valence electrons. The second kappa shape index (κ2) is 5.83. The van der Waals surface area contributed by atoms with Crippen molar-refractivity contribution in [2.45, 2.75) is 4.90 Å². The molecule has 0 amide bonds. The Kier molecular flexibility index (Phi) is 4.33. The molecular formula is C13H8BrClN2O2S. The maximum absolute atomic E-state index is 12.2. The van der Waals surface area contributed by atoms with Crippen LogP contribution in [0.2, 0.25) is 5.02 Å². The van der Waals surface area contributed by atoms with Crippen LogP contribution in [0.1, 0.15) is 5.56 Å². The van der Waals surface area contributed by atoms with E-state index >= 15 is 0 Å². The first kappa shape index (κ1) is 14.9. The van der Waals surface area contributed by atoms with Gasteiger partial charge in [0.1, 0.15) is 0 Å². The number of rotatable bonds is 3. The van der Waals surface area contributed by atoms with Crippen molar-refractivity contribution in [3.63, 3.8) is 0 Å². The van der Waals surface area contributed by atoms with Gasteiger partial charge < -0.3 is 0 Å². The highest BCUT2D eigenvalue weighted by Gasteiger charge is 2.15. The smallest absolute Gasteiger partial charge is 0.261 e. The first-order chi connectivity index (χ1) is 9.42. The molecule has 0 unspecified atom stereocenters. The normalized spacial score (nSPS) is 10.8. The summed E-state index contributed by atoms with van der Waals surface area (Å²) in [6.07, 6.45) is 0. The van der Waals surface area contributed by atoms with Gasteiger partial charge in [0.25, 0.3) is 10.0 Å². The van der Waals surface area contributed by atoms with E-state index in [1.54, 1.807) is 0 Å². The Morgan fingerprint density at radius 1 is 1.15 bits per heavy atom. The van der Waals surface area contributed by atoms with Crippen LogP contribution in [0, 0.1) is 11.3 Å². The molecule has 7 heteroatoms. The molecule has 0 aromatic heterocycles. The first-order valence-corrected chi connectivity index (χ1v) is 8.06. The zero-order valence-electron chi connectivity index (χ0n) is 9.97. The van der Waals surface area contributed by atoms with Crippen LogP contribution in [-0.4, -0.2) is 8.42 Å². The minimum absolute atomic E-state index is 0.0955. The Hall–Kier alpha value is -1.55. The Bertz CT molecular complexity index is 783. The van der Waals surface area contributed by atoms with Crippen LogP contribution in [0.15, 0.2) is 51.8 Å². The van der Waals surface area contributed by atoms with Gasteiger partial charge in [-0.25, -0.2) is 8.42 Å². The molecule has 4 nitrogen and oxygen atoms in total. The molecule has 20 heavy (non-hydrogen) atoms. The van der Waals surface area contributed by atoms with E-state index in [2.05, 4.69) is 20.7 Å². The van der Waals surface area contributed by atoms with Gasteiger partial charge in [-0.05, 0) is 58.4 Å². The summed E-state index contributed by atoms with van der Waals surface area (Å²) in [5, 5.41) is 9.12. The number of halogens is 2. The zero-order valence-corrected chi connectivity index (χ0v) is 13.1. The molecule has 2 aromatic rings. The van der Waals surface area contributed by atoms with E-state index in [1.807, 2.05) is 6.07 Å². The van der Waals surface area contributed by atoms with Crippen molar-refractivity contribution in [1.29, 1.82) is 5.26 Å². The van der Waals surface area contributed by atoms with Gasteiger partial charge >= 0.3 is 0 Å². The molecule has 0 saturated carbocycles. The van der Waals surface area contributed by atoms with E-state index in [0.717, 1.165) is 0 Å². The fourth-order valence-corrected chi connectivity index (χ4v) is 3.20. The third-order valence-electron chi connectivity index (χ3n) is 2.47. The SMILES string of the molecule is N#Cc1ccc(NS(=O)(=O)c2ccc(Cl)c(Br)c2)cc1. The standard InChI is InChI=1S/C13H8BrClN2O2S/c14-12-7-11(5-6-13(12)15)20(18,19)17-10-3-1-9(8-16)2-4-10/h1-7,17H. The van der Waals surface area contributed by atoms with Crippen LogP contribution in [0.5, 0.6) is 0 Å². The largest absolute Gasteiger partial charge is 0.280 e. The van der Waals surface area contributed by atoms with Crippen molar-refractivity contribution in [3.8, 4) is 6.07 Å². The lowest BCUT2D eigenvalue weighted by molar-refractivity contribution is 0.601. The lowest BCUT2D eigenvalue weighted by Crippen LogP contribution is -2.12. The van der Waals surface area contributed by atoms with Gasteiger partial charge in [-0.3, -0.25) is 4.72 Å². The van der Waals surface area contributed by atoms with E-state index < -0.39 is 10.0 Å². The molecule has 0 atom stereocenters. The van der Waals surface area contributed by atoms with E-state index in [0.29, 0.717) is 20.7 Å². The average molecular weight is 372 g/mol. The number of nitriles is 1. The van der Waals surface area contributed by atoms with Gasteiger partial charge in [0, 0.05) is 10.2 Å². The van der Waals surface area contributed by atoms with Crippen LogP contribution in [0.3, 0.4) is 0 Å². The highest BCUT2D eigenvalue weighted by molar-refractivity contribution is 9.10. The number of nitrogens with zero attached hydrogens (tertiary/aromatic N) is 1. The molecule has 0 radical (unpaired) electrons. The van der Waals surface area contributed by atoms with Crippen LogP contribution >= 0.6 is 27.5 Å². The maximum atomic E-state index is 12.2. The first-order valence-electron chi connectivity index (χ1n) is 5.40. The van der Waals surface area contributed by atoms with Crippen molar-refractivity contribution in [1.82, 2.24) is 0 Å². The summed E-state index contributed by atoms with van der Waals surface area (Å²) < 4.78 is 27.3. The van der Waals surface area contributed by atoms with Gasteiger partial charge in [-0.2, -0.15) is 5.26 Å². The molecular weight excluding hydrogens is 364 g/mol. The predicted octanol–water partition coefficient (Wildman–Crippen LogP) is 3.77. The topological polar surface area (TPSA) is 70.0 Å². The van der Waals surface area contributed by atoms with Gasteiger partial charge in [-0.1, -0.05) is 11.6 Å². The summed E-state index contributed by atoms with van der Waals surface area (Å²) in [4.78, 5) is 0.0955. The van der Waals surface area contributed by atoms with Crippen LogP contribution in [0.25, 0.3) is 0 Å². The molecule has 0 aliphatic carbocycles. The zero-order chi connectivity index (χ0) is 14.8. The summed E-state index contributed by atoms with van der Waals surface area (Å²) >= 11 is 9.01. The van der Waals surface area contributed by atoms with Crippen molar-refractivity contribution in [2.24, 2.45) is 0 Å². The number of anilines is 1. The fraction of sp³-hybridized carbons (Fsp3) is 0. The molecule has 0 aliphatic rings. The van der Waals surface area contributed by atoms with Crippen molar-refractivity contribution >= 4 is 43.2 Å². The predicted molar refractivity (Wildman–Crippen MR) is 81.1 cm³/mol. The minimum atomic E-state index is -3.69. The van der Waals surface area contributed by atoms with Gasteiger partial charge in [0.15, 0.2) is 0 Å². The summed E-state index contributed by atoms with van der Waals surface area (Å²) in [6, 6.07) is 12.4. The molecule has 2 aromatic carbocycles. The van der Waals surface area contributed by atoms with Crippen LogP contribution < -0.4 is 4.72 Å². The molecule has 1 N–H and O–H groups in total. The van der Waals surface area contributed by atoms with E-state index in [4.69, 9.17) is 16.9 Å². The maximum Gasteiger partial charge on any atom is 0.261 e. The quantitative estimate of drug-likeness (QED) is 0.892. The van der Waals surface area contributed by atoms with E-state index in [9.17, 15) is 8.42 Å². The lowest BCUT2D eigenvalue weighted by atomic mass is 10.2. The fourth-order valence-electron chi connectivity index (χ4n) is 1.47. The molecule has 0 saturated heterocycles. The third kappa shape index (κ3) is 3.31. The average Bonchev–Trinajstić information content (AvgIpc) is 2.42. The Morgan fingerprint density at radius 2 is 1.80 bits per heavy atom. The van der Waals surface area contributed by atoms with E-state index in [1.165, 1.54) is 42.5 Å². The Balaban J connectivity index is 2.30. The number of hydrogen-bond acceptors (Lipinski definition) is 3. The third-order valence-corrected chi connectivity index (χ3v) is 5.06. The number of sulfonamides is 1. The summed E-state index contributed by atoms with van der Waals surface area (Å²) in [5.41, 5.74) is 0.845.